The van der Waals surface area contributed by atoms with Gasteiger partial charge >= 0.3 is 6.03 Å². The molecule has 0 unspecified atom stereocenters. The van der Waals surface area contributed by atoms with Crippen molar-refractivity contribution in [1.82, 2.24) is 9.88 Å². The highest BCUT2D eigenvalue weighted by molar-refractivity contribution is 6.39. The summed E-state index contributed by atoms with van der Waals surface area (Å²) in [5, 5.41) is 3.55. The first-order valence-corrected chi connectivity index (χ1v) is 8.96. The molecule has 28 heavy (non-hydrogen) atoms. The van der Waals surface area contributed by atoms with Gasteiger partial charge in [-0.2, -0.15) is 0 Å². The zero-order chi connectivity index (χ0) is 20.0. The van der Waals surface area contributed by atoms with Crippen LogP contribution in [0.25, 0.3) is 17.0 Å². The first-order valence-electron chi connectivity index (χ1n) is 8.58. The number of halogens is 1. The van der Waals surface area contributed by atoms with Crippen LogP contribution in [0.4, 0.5) is 10.5 Å². The van der Waals surface area contributed by atoms with Crippen molar-refractivity contribution in [3.63, 3.8) is 0 Å². The number of benzene rings is 2. The smallest absolute Gasteiger partial charge is 0.335 e. The second-order valence-corrected chi connectivity index (χ2v) is 7.01. The monoisotopic (exact) mass is 393 g/mol. The molecule has 0 spiro atoms. The molecule has 1 aliphatic heterocycles. The van der Waals surface area contributed by atoms with E-state index in [1.807, 2.05) is 49.0 Å². The van der Waals surface area contributed by atoms with Crippen LogP contribution < -0.4 is 10.2 Å². The first-order chi connectivity index (χ1) is 13.4. The molecule has 0 saturated carbocycles. The lowest BCUT2D eigenvalue weighted by atomic mass is 10.1. The second kappa shape index (κ2) is 6.65. The number of hydrogen-bond acceptors (Lipinski definition) is 3. The fraction of sp³-hybridized carbons (Fsp3) is 0.0952. The molecule has 4 rings (SSSR count). The van der Waals surface area contributed by atoms with Crippen molar-refractivity contribution in [2.45, 2.75) is 6.92 Å². The molecule has 0 atom stereocenters. The van der Waals surface area contributed by atoms with Crippen LogP contribution in [0.15, 0.2) is 54.2 Å². The Labute approximate surface area is 166 Å². The van der Waals surface area contributed by atoms with Crippen molar-refractivity contribution in [2.75, 3.05) is 4.90 Å². The van der Waals surface area contributed by atoms with Crippen LogP contribution in [0, 0.1) is 6.92 Å². The van der Waals surface area contributed by atoms with Crippen LogP contribution in [0.5, 0.6) is 0 Å². The number of aryl methyl sites for hydroxylation is 2. The largest absolute Gasteiger partial charge is 0.350 e. The van der Waals surface area contributed by atoms with E-state index in [0.717, 1.165) is 21.4 Å². The summed E-state index contributed by atoms with van der Waals surface area (Å²) in [6, 6.07) is 11.7. The molecular weight excluding hydrogens is 378 g/mol. The molecule has 4 amide bonds. The Bertz CT molecular complexity index is 1190. The van der Waals surface area contributed by atoms with Crippen LogP contribution in [0.1, 0.15) is 11.1 Å². The fourth-order valence-electron chi connectivity index (χ4n) is 3.26. The molecule has 1 aromatic heterocycles. The summed E-state index contributed by atoms with van der Waals surface area (Å²) in [7, 11) is 1.89. The van der Waals surface area contributed by atoms with Crippen molar-refractivity contribution in [1.29, 1.82) is 0 Å². The van der Waals surface area contributed by atoms with Crippen LogP contribution in [0.2, 0.25) is 5.02 Å². The molecule has 140 valence electrons. The number of urea groups is 1. The van der Waals surface area contributed by atoms with Crippen LogP contribution in [0.3, 0.4) is 0 Å². The third-order valence-electron chi connectivity index (χ3n) is 4.74. The van der Waals surface area contributed by atoms with E-state index in [9.17, 15) is 14.4 Å². The number of rotatable bonds is 2. The Morgan fingerprint density at radius 3 is 2.57 bits per heavy atom. The molecule has 2 aromatic carbocycles. The molecule has 1 saturated heterocycles. The number of barbiturate groups is 1. The molecule has 0 aliphatic carbocycles. The molecule has 0 radical (unpaired) electrons. The van der Waals surface area contributed by atoms with Gasteiger partial charge in [-0.25, -0.2) is 9.69 Å². The molecule has 0 bridgehead atoms. The van der Waals surface area contributed by atoms with E-state index in [-0.39, 0.29) is 5.57 Å². The van der Waals surface area contributed by atoms with E-state index in [1.165, 1.54) is 12.1 Å². The lowest BCUT2D eigenvalue weighted by Gasteiger charge is -2.26. The average molecular weight is 394 g/mol. The van der Waals surface area contributed by atoms with Gasteiger partial charge in [-0.3, -0.25) is 14.9 Å². The van der Waals surface area contributed by atoms with Gasteiger partial charge in [0.25, 0.3) is 11.8 Å². The van der Waals surface area contributed by atoms with Crippen molar-refractivity contribution in [3.8, 4) is 0 Å². The molecule has 2 heterocycles. The van der Waals surface area contributed by atoms with Crippen molar-refractivity contribution < 1.29 is 14.4 Å². The highest BCUT2D eigenvalue weighted by Crippen LogP contribution is 2.28. The second-order valence-electron chi connectivity index (χ2n) is 6.60. The summed E-state index contributed by atoms with van der Waals surface area (Å²) in [5.41, 5.74) is 2.68. The summed E-state index contributed by atoms with van der Waals surface area (Å²) in [4.78, 5) is 38.6. The SMILES string of the molecule is Cc1ccc(N2C(=O)NC(=O)/C(=C/c3cn(C)c4ccccc34)C2=O)cc1Cl. The van der Waals surface area contributed by atoms with Gasteiger partial charge in [0.1, 0.15) is 5.57 Å². The topological polar surface area (TPSA) is 71.4 Å². The molecule has 7 heteroatoms. The van der Waals surface area contributed by atoms with Gasteiger partial charge in [0.2, 0.25) is 0 Å². The van der Waals surface area contributed by atoms with Crippen LogP contribution >= 0.6 is 11.6 Å². The number of amides is 4. The fourth-order valence-corrected chi connectivity index (χ4v) is 3.43. The summed E-state index contributed by atoms with van der Waals surface area (Å²) >= 11 is 6.14. The van der Waals surface area contributed by atoms with E-state index in [2.05, 4.69) is 5.32 Å². The number of imide groups is 2. The number of carbonyl (C=O) groups is 3. The Hall–Kier alpha value is -3.38. The zero-order valence-electron chi connectivity index (χ0n) is 15.2. The van der Waals surface area contributed by atoms with Gasteiger partial charge in [-0.1, -0.05) is 35.9 Å². The molecule has 1 fully saturated rings. The van der Waals surface area contributed by atoms with E-state index in [1.54, 1.807) is 12.1 Å². The number of hydrogen-bond donors (Lipinski definition) is 1. The third-order valence-corrected chi connectivity index (χ3v) is 5.15. The van der Waals surface area contributed by atoms with E-state index in [0.29, 0.717) is 16.3 Å². The van der Waals surface area contributed by atoms with E-state index < -0.39 is 17.8 Å². The number of aromatic nitrogens is 1. The Morgan fingerprint density at radius 2 is 1.82 bits per heavy atom. The third kappa shape index (κ3) is 2.88. The Balaban J connectivity index is 1.81. The number of nitrogens with one attached hydrogen (secondary N) is 1. The van der Waals surface area contributed by atoms with Crippen LogP contribution in [-0.4, -0.2) is 22.4 Å². The minimum absolute atomic E-state index is 0.118. The van der Waals surface area contributed by atoms with E-state index >= 15 is 0 Å². The predicted molar refractivity (Wildman–Crippen MR) is 108 cm³/mol. The average Bonchev–Trinajstić information content (AvgIpc) is 2.97. The molecule has 6 nitrogen and oxygen atoms in total. The number of para-hydroxylation sites is 1. The number of fused-ring (bicyclic) bond motifs is 1. The molecule has 1 N–H and O–H groups in total. The maximum atomic E-state index is 13.0. The number of carbonyl (C=O) groups excluding carboxylic acids is 3. The Kier molecular flexibility index (Phi) is 4.28. The number of nitrogens with zero attached hydrogens (tertiary/aromatic N) is 2. The predicted octanol–water partition coefficient (Wildman–Crippen LogP) is 3.81. The van der Waals surface area contributed by atoms with Gasteiger partial charge in [0, 0.05) is 34.7 Å². The standard InChI is InChI=1S/C21H16ClN3O3/c1-12-7-8-14(10-17(12)22)25-20(27)16(19(26)23-21(25)28)9-13-11-24(2)18-6-4-3-5-15(13)18/h3-11H,1-2H3,(H,23,26,28)/b16-9-. The number of anilines is 1. The van der Waals surface area contributed by atoms with Gasteiger partial charge in [-0.05, 0) is 36.8 Å². The highest BCUT2D eigenvalue weighted by atomic mass is 35.5. The van der Waals surface area contributed by atoms with Crippen molar-refractivity contribution in [2.24, 2.45) is 7.05 Å². The lowest BCUT2D eigenvalue weighted by Crippen LogP contribution is -2.54. The van der Waals surface area contributed by atoms with Crippen molar-refractivity contribution in [3.05, 3.63) is 70.4 Å². The van der Waals surface area contributed by atoms with Gasteiger partial charge in [-0.15, -0.1) is 0 Å². The van der Waals surface area contributed by atoms with Crippen LogP contribution in [-0.2, 0) is 16.6 Å². The van der Waals surface area contributed by atoms with Crippen molar-refractivity contribution >= 4 is 52.1 Å². The Morgan fingerprint density at radius 1 is 1.07 bits per heavy atom. The minimum atomic E-state index is -0.801. The van der Waals surface area contributed by atoms with Gasteiger partial charge < -0.3 is 4.57 Å². The summed E-state index contributed by atoms with van der Waals surface area (Å²) in [6.07, 6.45) is 3.34. The maximum absolute atomic E-state index is 13.0. The minimum Gasteiger partial charge on any atom is -0.350 e. The van der Waals surface area contributed by atoms with Gasteiger partial charge in [0.05, 0.1) is 5.69 Å². The summed E-state index contributed by atoms with van der Waals surface area (Å²) < 4.78 is 1.91. The summed E-state index contributed by atoms with van der Waals surface area (Å²) in [6.45, 7) is 1.82. The van der Waals surface area contributed by atoms with Gasteiger partial charge in [0.15, 0.2) is 0 Å². The molecule has 1 aliphatic rings. The highest BCUT2D eigenvalue weighted by Gasteiger charge is 2.37. The summed E-state index contributed by atoms with van der Waals surface area (Å²) in [5.74, 6) is -1.42. The maximum Gasteiger partial charge on any atom is 0.335 e. The molecular formula is C21H16ClN3O3. The quantitative estimate of drug-likeness (QED) is 0.531. The zero-order valence-corrected chi connectivity index (χ0v) is 15.9. The van der Waals surface area contributed by atoms with E-state index in [4.69, 9.17) is 11.6 Å². The normalized spacial score (nSPS) is 16.2. The lowest BCUT2D eigenvalue weighted by molar-refractivity contribution is -0.122. The molecule has 3 aromatic rings. The first kappa shape index (κ1) is 18.0.